The predicted molar refractivity (Wildman–Crippen MR) is 97.1 cm³/mol. The number of amides is 3. The maximum absolute atomic E-state index is 12.1. The first kappa shape index (κ1) is 19.7. The summed E-state index contributed by atoms with van der Waals surface area (Å²) in [6.45, 7) is 4.73. The topological polar surface area (TPSA) is 73.5 Å². The predicted octanol–water partition coefficient (Wildman–Crippen LogP) is 2.20. The lowest BCUT2D eigenvalue weighted by Crippen LogP contribution is -2.52. The maximum atomic E-state index is 12.1. The van der Waals surface area contributed by atoms with E-state index in [0.717, 1.165) is 24.1 Å². The molecule has 6 nitrogen and oxygen atoms in total. The Hall–Kier alpha value is -1.31. The van der Waals surface area contributed by atoms with E-state index in [1.807, 2.05) is 24.0 Å². The number of nitrogens with zero attached hydrogens (tertiary/aromatic N) is 1. The summed E-state index contributed by atoms with van der Waals surface area (Å²) in [5, 5.41) is 8.68. The number of hydrogen-bond donors (Lipinski definition) is 3. The minimum atomic E-state index is -0.302. The number of hydrogen-bond acceptors (Lipinski definition) is 3. The Balaban J connectivity index is 0.00000264. The molecule has 0 aliphatic carbocycles. The minimum absolute atomic E-state index is 0. The van der Waals surface area contributed by atoms with Gasteiger partial charge in [0.1, 0.15) is 0 Å². The third-order valence-electron chi connectivity index (χ3n) is 3.55. The largest absolute Gasteiger partial charge is 0.337 e. The minimum Gasteiger partial charge on any atom is -0.337 e. The van der Waals surface area contributed by atoms with E-state index in [4.69, 9.17) is 0 Å². The molecule has 1 aromatic carbocycles. The molecule has 1 aliphatic rings. The van der Waals surface area contributed by atoms with Crippen LogP contribution in [0.4, 0.5) is 10.5 Å². The van der Waals surface area contributed by atoms with Crippen molar-refractivity contribution >= 4 is 46.0 Å². The van der Waals surface area contributed by atoms with Crippen LogP contribution < -0.4 is 16.0 Å². The van der Waals surface area contributed by atoms with Crippen LogP contribution >= 0.6 is 28.3 Å². The molecular formula is C15H22BrClN4O2. The van der Waals surface area contributed by atoms with E-state index in [1.165, 1.54) is 0 Å². The second-order valence-corrected chi connectivity index (χ2v) is 6.19. The number of halogens is 2. The average Bonchev–Trinajstić information content (AvgIpc) is 2.50. The quantitative estimate of drug-likeness (QED) is 0.719. The number of benzene rings is 1. The molecule has 1 aliphatic heterocycles. The fraction of sp³-hybridized carbons (Fsp3) is 0.467. The summed E-state index contributed by atoms with van der Waals surface area (Å²) in [5.41, 5.74) is 0.711. The molecule has 1 heterocycles. The Labute approximate surface area is 150 Å². The van der Waals surface area contributed by atoms with Crippen LogP contribution in [-0.2, 0) is 4.79 Å². The highest BCUT2D eigenvalue weighted by Crippen LogP contribution is 2.13. The zero-order valence-corrected chi connectivity index (χ0v) is 15.4. The van der Waals surface area contributed by atoms with E-state index in [-0.39, 0.29) is 30.4 Å². The Morgan fingerprint density at radius 3 is 2.70 bits per heavy atom. The van der Waals surface area contributed by atoms with Crippen molar-refractivity contribution in [1.82, 2.24) is 15.5 Å². The van der Waals surface area contributed by atoms with Gasteiger partial charge in [0.25, 0.3) is 0 Å². The maximum Gasteiger partial charge on any atom is 0.319 e. The summed E-state index contributed by atoms with van der Waals surface area (Å²) in [7, 11) is 0. The normalized spacial score (nSPS) is 17.1. The molecule has 3 amide bonds. The average molecular weight is 406 g/mol. The fourth-order valence-electron chi connectivity index (χ4n) is 2.35. The molecule has 1 fully saturated rings. The van der Waals surface area contributed by atoms with Gasteiger partial charge < -0.3 is 20.9 Å². The molecular weight excluding hydrogens is 384 g/mol. The summed E-state index contributed by atoms with van der Waals surface area (Å²) in [6, 6.07) is 7.21. The van der Waals surface area contributed by atoms with Gasteiger partial charge in [-0.15, -0.1) is 12.4 Å². The highest BCUT2D eigenvalue weighted by Gasteiger charge is 2.22. The Bertz CT molecular complexity index is 527. The lowest BCUT2D eigenvalue weighted by molar-refractivity contribution is -0.133. The number of anilines is 1. The lowest BCUT2D eigenvalue weighted by Gasteiger charge is -2.34. The molecule has 0 saturated carbocycles. The molecule has 3 N–H and O–H groups in total. The number of carbonyl (C=O) groups is 2. The van der Waals surface area contributed by atoms with Crippen molar-refractivity contribution < 1.29 is 9.59 Å². The zero-order chi connectivity index (χ0) is 15.9. The van der Waals surface area contributed by atoms with Gasteiger partial charge in [-0.25, -0.2) is 4.79 Å². The molecule has 2 rings (SSSR count). The van der Waals surface area contributed by atoms with Gasteiger partial charge in [-0.1, -0.05) is 15.9 Å². The van der Waals surface area contributed by atoms with Gasteiger partial charge in [0.2, 0.25) is 5.91 Å². The smallest absolute Gasteiger partial charge is 0.319 e. The number of carbonyl (C=O) groups excluding carboxylic acids is 2. The second kappa shape index (κ2) is 9.75. The SMILES string of the molecule is C[C@H]1CNCCN1C(=O)CCNC(=O)Nc1ccc(Br)cc1.Cl. The monoisotopic (exact) mass is 404 g/mol. The van der Waals surface area contributed by atoms with E-state index < -0.39 is 0 Å². The van der Waals surface area contributed by atoms with E-state index in [1.54, 1.807) is 12.1 Å². The van der Waals surface area contributed by atoms with Crippen LogP contribution in [0.2, 0.25) is 0 Å². The van der Waals surface area contributed by atoms with Crippen LogP contribution in [0.1, 0.15) is 13.3 Å². The molecule has 0 unspecified atom stereocenters. The first-order chi connectivity index (χ1) is 10.6. The van der Waals surface area contributed by atoms with E-state index in [0.29, 0.717) is 18.7 Å². The summed E-state index contributed by atoms with van der Waals surface area (Å²) in [4.78, 5) is 25.7. The van der Waals surface area contributed by atoms with Crippen molar-refractivity contribution in [2.45, 2.75) is 19.4 Å². The Morgan fingerprint density at radius 2 is 2.04 bits per heavy atom. The standard InChI is InChI=1S/C15H21BrN4O2.ClH/c1-11-10-17-8-9-20(11)14(21)6-7-18-15(22)19-13-4-2-12(16)3-5-13;/h2-5,11,17H,6-10H2,1H3,(H2,18,19,22);1H/t11-;/m0./s1. The second-order valence-electron chi connectivity index (χ2n) is 5.28. The van der Waals surface area contributed by atoms with E-state index in [9.17, 15) is 9.59 Å². The molecule has 0 aromatic heterocycles. The Kier molecular flexibility index (Phi) is 8.36. The highest BCUT2D eigenvalue weighted by molar-refractivity contribution is 9.10. The van der Waals surface area contributed by atoms with Gasteiger partial charge in [-0.05, 0) is 31.2 Å². The van der Waals surface area contributed by atoms with Crippen LogP contribution in [0.3, 0.4) is 0 Å². The third kappa shape index (κ3) is 6.37. The van der Waals surface area contributed by atoms with E-state index >= 15 is 0 Å². The van der Waals surface area contributed by atoms with Crippen LogP contribution in [-0.4, -0.2) is 49.1 Å². The molecule has 0 bridgehead atoms. The van der Waals surface area contributed by atoms with Crippen molar-refractivity contribution in [1.29, 1.82) is 0 Å². The molecule has 1 aromatic rings. The third-order valence-corrected chi connectivity index (χ3v) is 4.08. The summed E-state index contributed by atoms with van der Waals surface area (Å²) < 4.78 is 0.953. The van der Waals surface area contributed by atoms with Gasteiger partial charge in [0, 0.05) is 48.8 Å². The molecule has 128 valence electrons. The van der Waals surface area contributed by atoms with E-state index in [2.05, 4.69) is 31.9 Å². The number of rotatable bonds is 4. The zero-order valence-electron chi connectivity index (χ0n) is 13.0. The molecule has 8 heteroatoms. The van der Waals surface area contributed by atoms with Crippen molar-refractivity contribution in [2.75, 3.05) is 31.5 Å². The molecule has 0 spiro atoms. The summed E-state index contributed by atoms with van der Waals surface area (Å²) >= 11 is 3.34. The highest BCUT2D eigenvalue weighted by atomic mass is 79.9. The number of urea groups is 1. The number of piperazine rings is 1. The lowest BCUT2D eigenvalue weighted by atomic mass is 10.2. The van der Waals surface area contributed by atoms with Gasteiger partial charge in [-0.3, -0.25) is 4.79 Å². The van der Waals surface area contributed by atoms with Crippen LogP contribution in [0.5, 0.6) is 0 Å². The van der Waals surface area contributed by atoms with Gasteiger partial charge in [0.05, 0.1) is 0 Å². The summed E-state index contributed by atoms with van der Waals surface area (Å²) in [5.74, 6) is 0.0814. The van der Waals surface area contributed by atoms with Gasteiger partial charge >= 0.3 is 6.03 Å². The van der Waals surface area contributed by atoms with Crippen LogP contribution in [0.15, 0.2) is 28.7 Å². The fourth-order valence-corrected chi connectivity index (χ4v) is 2.61. The van der Waals surface area contributed by atoms with Gasteiger partial charge in [0.15, 0.2) is 0 Å². The number of nitrogens with one attached hydrogen (secondary N) is 3. The van der Waals surface area contributed by atoms with Crippen molar-refractivity contribution in [3.05, 3.63) is 28.7 Å². The van der Waals surface area contributed by atoms with Crippen LogP contribution in [0.25, 0.3) is 0 Å². The molecule has 1 saturated heterocycles. The molecule has 1 atom stereocenters. The summed E-state index contributed by atoms with van der Waals surface area (Å²) in [6.07, 6.45) is 0.318. The first-order valence-electron chi connectivity index (χ1n) is 7.37. The van der Waals surface area contributed by atoms with Crippen molar-refractivity contribution in [3.63, 3.8) is 0 Å². The first-order valence-corrected chi connectivity index (χ1v) is 8.16. The van der Waals surface area contributed by atoms with Crippen molar-refractivity contribution in [3.8, 4) is 0 Å². The van der Waals surface area contributed by atoms with Crippen molar-refractivity contribution in [2.24, 2.45) is 0 Å². The molecule has 23 heavy (non-hydrogen) atoms. The van der Waals surface area contributed by atoms with Crippen LogP contribution in [0, 0.1) is 0 Å². The van der Waals surface area contributed by atoms with Gasteiger partial charge in [-0.2, -0.15) is 0 Å². The molecule has 0 radical (unpaired) electrons. The Morgan fingerprint density at radius 1 is 1.35 bits per heavy atom.